The van der Waals surface area contributed by atoms with E-state index < -0.39 is 0 Å². The maximum absolute atomic E-state index is 13.6. The lowest BCUT2D eigenvalue weighted by Gasteiger charge is -2.37. The van der Waals surface area contributed by atoms with Crippen molar-refractivity contribution in [2.45, 2.75) is 26.4 Å². The van der Waals surface area contributed by atoms with Crippen LogP contribution in [0.15, 0.2) is 55.0 Å². The number of carbonyl (C=O) groups excluding carboxylic acids is 1. The predicted octanol–water partition coefficient (Wildman–Crippen LogP) is 3.67. The van der Waals surface area contributed by atoms with E-state index in [1.54, 1.807) is 12.4 Å². The highest BCUT2D eigenvalue weighted by Crippen LogP contribution is 2.34. The van der Waals surface area contributed by atoms with E-state index in [1.165, 1.54) is 0 Å². The molecule has 0 spiro atoms. The minimum Gasteiger partial charge on any atom is -0.361 e. The molecule has 0 radical (unpaired) electrons. The molecule has 0 fully saturated rings. The lowest BCUT2D eigenvalue weighted by molar-refractivity contribution is 0.0538. The number of carbonyl (C=O) groups is 1. The van der Waals surface area contributed by atoms with Gasteiger partial charge in [0.1, 0.15) is 0 Å². The van der Waals surface area contributed by atoms with Gasteiger partial charge in [-0.2, -0.15) is 5.10 Å². The molecule has 4 aromatic rings. The van der Waals surface area contributed by atoms with Gasteiger partial charge in [-0.3, -0.25) is 9.78 Å². The molecule has 0 unspecified atom stereocenters. The Morgan fingerprint density at radius 1 is 1.17 bits per heavy atom. The molecule has 0 saturated heterocycles. The molecule has 29 heavy (non-hydrogen) atoms. The number of hydrogen-bond donors (Lipinski definition) is 1. The Morgan fingerprint density at radius 3 is 2.86 bits per heavy atom. The average molecular weight is 386 g/mol. The van der Waals surface area contributed by atoms with Crippen LogP contribution in [0.4, 0.5) is 0 Å². The quantitative estimate of drug-likeness (QED) is 0.583. The number of benzene rings is 1. The molecule has 0 saturated carbocycles. The van der Waals surface area contributed by atoms with Gasteiger partial charge in [-0.25, -0.2) is 9.67 Å². The third kappa shape index (κ3) is 2.90. The van der Waals surface area contributed by atoms with Crippen molar-refractivity contribution in [1.82, 2.24) is 29.6 Å². The Labute approximate surface area is 168 Å². The molecule has 1 amide bonds. The van der Waals surface area contributed by atoms with Crippen molar-refractivity contribution in [3.63, 3.8) is 0 Å². The van der Waals surface area contributed by atoms with E-state index in [9.17, 15) is 4.79 Å². The Hall–Kier alpha value is -3.48. The zero-order valence-corrected chi connectivity index (χ0v) is 16.4. The van der Waals surface area contributed by atoms with Crippen LogP contribution in [0, 0.1) is 5.92 Å². The average Bonchev–Trinajstić information content (AvgIpc) is 3.39. The molecule has 1 aliphatic heterocycles. The third-order valence-corrected chi connectivity index (χ3v) is 5.48. The van der Waals surface area contributed by atoms with Crippen LogP contribution in [-0.4, -0.2) is 42.1 Å². The van der Waals surface area contributed by atoms with Crippen molar-refractivity contribution in [2.24, 2.45) is 5.92 Å². The van der Waals surface area contributed by atoms with Crippen LogP contribution in [0.5, 0.6) is 0 Å². The van der Waals surface area contributed by atoms with E-state index in [4.69, 9.17) is 4.98 Å². The van der Waals surface area contributed by atoms with Crippen LogP contribution < -0.4 is 0 Å². The summed E-state index contributed by atoms with van der Waals surface area (Å²) >= 11 is 0. The molecule has 5 rings (SSSR count). The molecule has 1 aromatic carbocycles. The molecule has 3 aromatic heterocycles. The highest BCUT2D eigenvalue weighted by atomic mass is 16.2. The number of amides is 1. The summed E-state index contributed by atoms with van der Waals surface area (Å²) in [5.41, 5.74) is 2.45. The molecule has 1 atom stereocenters. The number of nitrogens with zero attached hydrogens (tertiary/aromatic N) is 5. The minimum atomic E-state index is -0.139. The van der Waals surface area contributed by atoms with E-state index in [-0.39, 0.29) is 17.9 Å². The van der Waals surface area contributed by atoms with Gasteiger partial charge in [-0.1, -0.05) is 26.0 Å². The first-order valence-electron chi connectivity index (χ1n) is 9.85. The van der Waals surface area contributed by atoms with Crippen molar-refractivity contribution in [3.8, 4) is 11.4 Å². The number of rotatable bonds is 3. The Kier molecular flexibility index (Phi) is 4.16. The van der Waals surface area contributed by atoms with Crippen LogP contribution in [0.1, 0.15) is 36.1 Å². The monoisotopic (exact) mass is 386 g/mol. The van der Waals surface area contributed by atoms with Crippen LogP contribution >= 0.6 is 0 Å². The van der Waals surface area contributed by atoms with Gasteiger partial charge in [0.05, 0.1) is 23.7 Å². The molecule has 7 nitrogen and oxygen atoms in total. The number of aromatic nitrogens is 5. The van der Waals surface area contributed by atoms with Crippen molar-refractivity contribution in [1.29, 1.82) is 0 Å². The van der Waals surface area contributed by atoms with Gasteiger partial charge >= 0.3 is 0 Å². The second-order valence-corrected chi connectivity index (χ2v) is 7.69. The summed E-state index contributed by atoms with van der Waals surface area (Å²) in [7, 11) is 0. The molecule has 0 bridgehead atoms. The van der Waals surface area contributed by atoms with Gasteiger partial charge in [-0.05, 0) is 30.2 Å². The number of para-hydroxylation sites is 1. The van der Waals surface area contributed by atoms with Crippen molar-refractivity contribution in [3.05, 3.63) is 66.4 Å². The van der Waals surface area contributed by atoms with Crippen LogP contribution in [0.25, 0.3) is 22.3 Å². The van der Waals surface area contributed by atoms with Crippen LogP contribution in [-0.2, 0) is 6.54 Å². The van der Waals surface area contributed by atoms with Gasteiger partial charge in [0.2, 0.25) is 0 Å². The molecule has 4 heterocycles. The lowest BCUT2D eigenvalue weighted by Crippen LogP contribution is -2.44. The standard InChI is InChI=1S/C22H22N6O/c1-14(2)19-21-25-20(16-6-4-9-23-13-16)26-28(21)12-11-27(19)22(29)17-7-3-5-15-8-10-24-18(15)17/h3-10,13-14,19,24H,11-12H2,1-2H3/t19-/m1/s1. The largest absolute Gasteiger partial charge is 0.361 e. The van der Waals surface area contributed by atoms with Gasteiger partial charge < -0.3 is 9.88 Å². The fourth-order valence-electron chi connectivity index (χ4n) is 4.14. The minimum absolute atomic E-state index is 0.0222. The smallest absolute Gasteiger partial charge is 0.256 e. The number of pyridine rings is 1. The molecule has 1 aliphatic rings. The summed E-state index contributed by atoms with van der Waals surface area (Å²) in [4.78, 5) is 27.7. The van der Waals surface area contributed by atoms with Gasteiger partial charge in [0, 0.05) is 36.1 Å². The maximum Gasteiger partial charge on any atom is 0.256 e. The van der Waals surface area contributed by atoms with Gasteiger partial charge in [-0.15, -0.1) is 0 Å². The first-order valence-corrected chi connectivity index (χ1v) is 9.85. The topological polar surface area (TPSA) is 79.7 Å². The summed E-state index contributed by atoms with van der Waals surface area (Å²) in [6.07, 6.45) is 5.37. The Morgan fingerprint density at radius 2 is 2.07 bits per heavy atom. The number of aromatic amines is 1. The molecular formula is C22H22N6O. The van der Waals surface area contributed by atoms with Gasteiger partial charge in [0.15, 0.2) is 11.6 Å². The fraction of sp³-hybridized carbons (Fsp3) is 0.273. The number of hydrogen-bond acceptors (Lipinski definition) is 4. The molecule has 146 valence electrons. The van der Waals surface area contributed by atoms with Crippen LogP contribution in [0.3, 0.4) is 0 Å². The second-order valence-electron chi connectivity index (χ2n) is 7.69. The van der Waals surface area contributed by atoms with Crippen molar-refractivity contribution >= 4 is 16.8 Å². The second kappa shape index (κ2) is 6.84. The van der Waals surface area contributed by atoms with E-state index in [0.29, 0.717) is 24.5 Å². The van der Waals surface area contributed by atoms with Gasteiger partial charge in [0.25, 0.3) is 5.91 Å². The van der Waals surface area contributed by atoms with E-state index >= 15 is 0 Å². The van der Waals surface area contributed by atoms with E-state index in [1.807, 2.05) is 52.2 Å². The highest BCUT2D eigenvalue weighted by molar-refractivity contribution is 6.05. The normalized spacial score (nSPS) is 16.4. The first-order chi connectivity index (χ1) is 14.1. The zero-order chi connectivity index (χ0) is 20.0. The zero-order valence-electron chi connectivity index (χ0n) is 16.4. The fourth-order valence-corrected chi connectivity index (χ4v) is 4.14. The Balaban J connectivity index is 1.55. The number of fused-ring (bicyclic) bond motifs is 2. The lowest BCUT2D eigenvalue weighted by atomic mass is 9.98. The number of H-pyrrole nitrogens is 1. The summed E-state index contributed by atoms with van der Waals surface area (Å²) in [6, 6.07) is 11.5. The highest BCUT2D eigenvalue weighted by Gasteiger charge is 2.36. The summed E-state index contributed by atoms with van der Waals surface area (Å²) < 4.78 is 1.94. The molecular weight excluding hydrogens is 364 g/mol. The van der Waals surface area contributed by atoms with E-state index in [0.717, 1.165) is 22.3 Å². The summed E-state index contributed by atoms with van der Waals surface area (Å²) in [5, 5.41) is 5.72. The number of nitrogens with one attached hydrogen (secondary N) is 1. The third-order valence-electron chi connectivity index (χ3n) is 5.48. The van der Waals surface area contributed by atoms with Crippen molar-refractivity contribution < 1.29 is 4.79 Å². The maximum atomic E-state index is 13.6. The van der Waals surface area contributed by atoms with Crippen LogP contribution in [0.2, 0.25) is 0 Å². The summed E-state index contributed by atoms with van der Waals surface area (Å²) in [5.74, 6) is 1.71. The molecule has 0 aliphatic carbocycles. The first kappa shape index (κ1) is 17.6. The molecule has 1 N–H and O–H groups in total. The van der Waals surface area contributed by atoms with E-state index in [2.05, 4.69) is 28.9 Å². The van der Waals surface area contributed by atoms with Crippen molar-refractivity contribution in [2.75, 3.05) is 6.54 Å². The summed E-state index contributed by atoms with van der Waals surface area (Å²) in [6.45, 7) is 5.46. The Bertz CT molecular complexity index is 1180. The predicted molar refractivity (Wildman–Crippen MR) is 110 cm³/mol. The molecule has 7 heteroatoms. The SMILES string of the molecule is CC(C)[C@@H]1c2nc(-c3cccnc3)nn2CCN1C(=O)c1cccc2cc[nH]c12.